The van der Waals surface area contributed by atoms with E-state index in [1.54, 1.807) is 6.92 Å². The fourth-order valence-corrected chi connectivity index (χ4v) is 2.81. The van der Waals surface area contributed by atoms with E-state index in [1.807, 2.05) is 6.07 Å². The van der Waals surface area contributed by atoms with Crippen LogP contribution in [0.2, 0.25) is 0 Å². The summed E-state index contributed by atoms with van der Waals surface area (Å²) in [6.45, 7) is 6.36. The van der Waals surface area contributed by atoms with Crippen LogP contribution in [-0.4, -0.2) is 6.04 Å². The number of hydrogen-bond acceptors (Lipinski definition) is 2. The first kappa shape index (κ1) is 13.2. The van der Waals surface area contributed by atoms with Crippen molar-refractivity contribution in [2.75, 3.05) is 11.1 Å². The molecule has 1 aliphatic rings. The average molecular weight is 250 g/mol. The van der Waals surface area contributed by atoms with Crippen LogP contribution >= 0.6 is 0 Å². The van der Waals surface area contributed by atoms with Crippen molar-refractivity contribution >= 4 is 11.4 Å². The number of benzene rings is 1. The molecule has 0 aliphatic heterocycles. The first-order chi connectivity index (χ1) is 8.49. The third-order valence-corrected chi connectivity index (χ3v) is 4.38. The van der Waals surface area contributed by atoms with Crippen LogP contribution in [0.4, 0.5) is 15.8 Å². The molecule has 3 N–H and O–H groups in total. The molecule has 0 heterocycles. The molecular formula is C15H23FN2. The summed E-state index contributed by atoms with van der Waals surface area (Å²) in [7, 11) is 0. The van der Waals surface area contributed by atoms with Gasteiger partial charge < -0.3 is 11.1 Å². The maximum atomic E-state index is 13.4. The Hall–Kier alpha value is -1.25. The molecule has 0 aromatic heterocycles. The number of nitrogen functional groups attached to an aromatic ring is 1. The number of nitrogens with two attached hydrogens (primary N) is 1. The summed E-state index contributed by atoms with van der Waals surface area (Å²) in [4.78, 5) is 0. The molecule has 1 fully saturated rings. The van der Waals surface area contributed by atoms with Crippen molar-refractivity contribution in [1.29, 1.82) is 0 Å². The van der Waals surface area contributed by atoms with Gasteiger partial charge in [-0.2, -0.15) is 0 Å². The standard InChI is InChI=1S/C15H23FN2/c1-9-5-4-6-14(11(9)3)18-15-7-10(2)12(16)8-13(15)17/h7-9,11,14,18H,4-6,17H2,1-3H3. The van der Waals surface area contributed by atoms with E-state index in [0.717, 1.165) is 11.6 Å². The van der Waals surface area contributed by atoms with Gasteiger partial charge in [0.05, 0.1) is 11.4 Å². The van der Waals surface area contributed by atoms with Crippen LogP contribution in [0.5, 0.6) is 0 Å². The minimum atomic E-state index is -0.233. The largest absolute Gasteiger partial charge is 0.397 e. The van der Waals surface area contributed by atoms with Gasteiger partial charge in [-0.05, 0) is 42.9 Å². The first-order valence-corrected chi connectivity index (χ1v) is 6.81. The maximum absolute atomic E-state index is 13.4. The van der Waals surface area contributed by atoms with Gasteiger partial charge in [0.2, 0.25) is 0 Å². The number of rotatable bonds is 2. The Kier molecular flexibility index (Phi) is 3.79. The average Bonchev–Trinajstić information content (AvgIpc) is 2.32. The molecule has 3 heteroatoms. The van der Waals surface area contributed by atoms with E-state index < -0.39 is 0 Å². The highest BCUT2D eigenvalue weighted by Gasteiger charge is 2.27. The second-order valence-corrected chi connectivity index (χ2v) is 5.71. The highest BCUT2D eigenvalue weighted by atomic mass is 19.1. The van der Waals surface area contributed by atoms with Gasteiger partial charge in [-0.25, -0.2) is 4.39 Å². The molecule has 0 saturated heterocycles. The third-order valence-electron chi connectivity index (χ3n) is 4.38. The lowest BCUT2D eigenvalue weighted by Crippen LogP contribution is -2.35. The van der Waals surface area contributed by atoms with E-state index in [2.05, 4.69) is 19.2 Å². The van der Waals surface area contributed by atoms with Gasteiger partial charge in [-0.3, -0.25) is 0 Å². The second-order valence-electron chi connectivity index (χ2n) is 5.71. The predicted octanol–water partition coefficient (Wildman–Crippen LogP) is 3.95. The number of hydrogen-bond donors (Lipinski definition) is 2. The van der Waals surface area contributed by atoms with Gasteiger partial charge in [-0.15, -0.1) is 0 Å². The number of halogens is 1. The number of anilines is 2. The van der Waals surface area contributed by atoms with Crippen LogP contribution in [0.15, 0.2) is 12.1 Å². The van der Waals surface area contributed by atoms with E-state index in [9.17, 15) is 4.39 Å². The van der Waals surface area contributed by atoms with Crippen LogP contribution < -0.4 is 11.1 Å². The van der Waals surface area contributed by atoms with Crippen LogP contribution in [-0.2, 0) is 0 Å². The fourth-order valence-electron chi connectivity index (χ4n) is 2.81. The van der Waals surface area contributed by atoms with Crippen molar-refractivity contribution in [2.45, 2.75) is 46.1 Å². The summed E-state index contributed by atoms with van der Waals surface area (Å²) in [5.74, 6) is 1.13. The van der Waals surface area contributed by atoms with Crippen molar-refractivity contribution in [1.82, 2.24) is 0 Å². The van der Waals surface area contributed by atoms with Gasteiger partial charge in [-0.1, -0.05) is 26.7 Å². The monoisotopic (exact) mass is 250 g/mol. The highest BCUT2D eigenvalue weighted by Crippen LogP contribution is 2.33. The first-order valence-electron chi connectivity index (χ1n) is 6.81. The van der Waals surface area contributed by atoms with Crippen LogP contribution in [0.3, 0.4) is 0 Å². The summed E-state index contributed by atoms with van der Waals surface area (Å²) in [6.07, 6.45) is 3.72. The lowest BCUT2D eigenvalue weighted by atomic mass is 9.78. The zero-order valence-corrected chi connectivity index (χ0v) is 11.5. The van der Waals surface area contributed by atoms with E-state index >= 15 is 0 Å². The van der Waals surface area contributed by atoms with Crippen molar-refractivity contribution in [3.63, 3.8) is 0 Å². The third kappa shape index (κ3) is 2.60. The van der Waals surface area contributed by atoms with Crippen LogP contribution in [0.25, 0.3) is 0 Å². The van der Waals surface area contributed by atoms with Gasteiger partial charge in [0, 0.05) is 6.04 Å². The SMILES string of the molecule is Cc1cc(NC2CCCC(C)C2C)c(N)cc1F. The van der Waals surface area contributed by atoms with Crippen molar-refractivity contribution in [3.8, 4) is 0 Å². The van der Waals surface area contributed by atoms with Gasteiger partial charge >= 0.3 is 0 Å². The Labute approximate surface area is 109 Å². The Morgan fingerprint density at radius 2 is 2.00 bits per heavy atom. The summed E-state index contributed by atoms with van der Waals surface area (Å²) in [5.41, 5.74) is 7.91. The zero-order valence-electron chi connectivity index (χ0n) is 11.5. The predicted molar refractivity (Wildman–Crippen MR) is 75.1 cm³/mol. The van der Waals surface area contributed by atoms with Gasteiger partial charge in [0.15, 0.2) is 0 Å². The normalized spacial score (nSPS) is 28.1. The molecule has 2 nitrogen and oxygen atoms in total. The highest BCUT2D eigenvalue weighted by molar-refractivity contribution is 5.67. The minimum Gasteiger partial charge on any atom is -0.397 e. The Morgan fingerprint density at radius 3 is 2.72 bits per heavy atom. The van der Waals surface area contributed by atoms with E-state index in [1.165, 1.54) is 25.3 Å². The zero-order chi connectivity index (χ0) is 13.3. The molecule has 0 spiro atoms. The summed E-state index contributed by atoms with van der Waals surface area (Å²) < 4.78 is 13.4. The lowest BCUT2D eigenvalue weighted by Gasteiger charge is -2.35. The molecule has 3 atom stereocenters. The molecular weight excluding hydrogens is 227 g/mol. The molecule has 3 unspecified atom stereocenters. The molecule has 100 valence electrons. The van der Waals surface area contributed by atoms with Crippen LogP contribution in [0, 0.1) is 24.6 Å². The topological polar surface area (TPSA) is 38.0 Å². The molecule has 2 rings (SSSR count). The number of aryl methyl sites for hydroxylation is 1. The molecule has 0 amide bonds. The van der Waals surface area contributed by atoms with Gasteiger partial charge in [0.1, 0.15) is 5.82 Å². The Bertz CT molecular complexity index is 431. The summed E-state index contributed by atoms with van der Waals surface area (Å²) >= 11 is 0. The number of nitrogens with one attached hydrogen (secondary N) is 1. The van der Waals surface area contributed by atoms with Crippen molar-refractivity contribution < 1.29 is 4.39 Å². The smallest absolute Gasteiger partial charge is 0.128 e. The molecule has 0 bridgehead atoms. The second kappa shape index (κ2) is 5.17. The molecule has 1 saturated carbocycles. The molecule has 1 aromatic rings. The minimum absolute atomic E-state index is 0.233. The van der Waals surface area contributed by atoms with E-state index in [-0.39, 0.29) is 5.82 Å². The molecule has 18 heavy (non-hydrogen) atoms. The van der Waals surface area contributed by atoms with Crippen LogP contribution in [0.1, 0.15) is 38.7 Å². The molecule has 1 aromatic carbocycles. The quantitative estimate of drug-likeness (QED) is 0.780. The molecule has 1 aliphatic carbocycles. The van der Waals surface area contributed by atoms with Gasteiger partial charge in [0.25, 0.3) is 0 Å². The summed E-state index contributed by atoms with van der Waals surface area (Å²) in [6, 6.07) is 3.67. The van der Waals surface area contributed by atoms with E-state index in [4.69, 9.17) is 5.73 Å². The van der Waals surface area contributed by atoms with Crippen molar-refractivity contribution in [3.05, 3.63) is 23.5 Å². The van der Waals surface area contributed by atoms with Crippen molar-refractivity contribution in [2.24, 2.45) is 11.8 Å². The maximum Gasteiger partial charge on any atom is 0.128 e. The van der Waals surface area contributed by atoms with E-state index in [0.29, 0.717) is 23.2 Å². The summed E-state index contributed by atoms with van der Waals surface area (Å²) in [5, 5.41) is 3.51. The molecule has 0 radical (unpaired) electrons. The Balaban J connectivity index is 2.16. The lowest BCUT2D eigenvalue weighted by molar-refractivity contribution is 0.253. The fraction of sp³-hybridized carbons (Fsp3) is 0.600. The Morgan fingerprint density at radius 1 is 1.28 bits per heavy atom.